The van der Waals surface area contributed by atoms with E-state index in [9.17, 15) is 22.8 Å². The van der Waals surface area contributed by atoms with Crippen LogP contribution in [0.1, 0.15) is 37.9 Å². The number of carbonyl (C=O) groups is 3. The lowest BCUT2D eigenvalue weighted by molar-refractivity contribution is -0.130. The standard InChI is InChI=1S/C23H32N4O7S/c1-4-9-27(22(29)20-24-17-7-5-6-8-19(17)34-20)21(28)18(15-35(31,32)14-16(2)3)25-23(30)26-10-12-33-13-11-26/h5-8,16,18H,4,9-15H2,1-3H3,(H,25,30). The Hall–Kier alpha value is -2.99. The van der Waals surface area contributed by atoms with Crippen LogP contribution in [0.3, 0.4) is 0 Å². The summed E-state index contributed by atoms with van der Waals surface area (Å²) in [5.74, 6) is -2.85. The second kappa shape index (κ2) is 11.6. The zero-order chi connectivity index (χ0) is 25.6. The molecule has 1 N–H and O–H groups in total. The minimum Gasteiger partial charge on any atom is -0.432 e. The smallest absolute Gasteiger partial charge is 0.318 e. The molecule has 0 aliphatic carbocycles. The highest BCUT2D eigenvalue weighted by Crippen LogP contribution is 2.17. The van der Waals surface area contributed by atoms with Gasteiger partial charge in [-0.15, -0.1) is 0 Å². The first kappa shape index (κ1) is 26.6. The molecular formula is C23H32N4O7S. The van der Waals surface area contributed by atoms with E-state index in [2.05, 4.69) is 10.3 Å². The third kappa shape index (κ3) is 7.01. The molecule has 1 aromatic carbocycles. The summed E-state index contributed by atoms with van der Waals surface area (Å²) in [6.45, 7) is 6.59. The lowest BCUT2D eigenvalue weighted by Crippen LogP contribution is -2.57. The van der Waals surface area contributed by atoms with E-state index >= 15 is 0 Å². The Balaban J connectivity index is 1.88. The molecule has 3 rings (SSSR count). The maximum absolute atomic E-state index is 13.6. The molecule has 1 aliphatic heterocycles. The van der Waals surface area contributed by atoms with Gasteiger partial charge in [0.05, 0.1) is 24.7 Å². The fourth-order valence-corrected chi connectivity index (χ4v) is 5.70. The zero-order valence-corrected chi connectivity index (χ0v) is 21.0. The van der Waals surface area contributed by atoms with Crippen molar-refractivity contribution in [3.63, 3.8) is 0 Å². The predicted molar refractivity (Wildman–Crippen MR) is 129 cm³/mol. The molecule has 2 aromatic rings. The van der Waals surface area contributed by atoms with Crippen LogP contribution in [-0.4, -0.2) is 91.4 Å². The number of hydrogen-bond acceptors (Lipinski definition) is 8. The van der Waals surface area contributed by atoms with Crippen LogP contribution in [0.2, 0.25) is 0 Å². The van der Waals surface area contributed by atoms with Crippen LogP contribution in [0.15, 0.2) is 28.7 Å². The molecule has 1 fully saturated rings. The molecule has 4 amide bonds. The van der Waals surface area contributed by atoms with E-state index in [0.717, 1.165) is 4.90 Å². The van der Waals surface area contributed by atoms with Gasteiger partial charge in [-0.25, -0.2) is 18.2 Å². The Morgan fingerprint density at radius 1 is 1.14 bits per heavy atom. The first-order valence-corrected chi connectivity index (χ1v) is 13.5. The number of fused-ring (bicyclic) bond motifs is 1. The predicted octanol–water partition coefficient (Wildman–Crippen LogP) is 1.69. The molecule has 1 aliphatic rings. The van der Waals surface area contributed by atoms with Crippen LogP contribution in [0.25, 0.3) is 11.1 Å². The molecule has 1 aromatic heterocycles. The lowest BCUT2D eigenvalue weighted by Gasteiger charge is -2.30. The minimum absolute atomic E-state index is 0.00451. The number of morpholine rings is 1. The van der Waals surface area contributed by atoms with Crippen molar-refractivity contribution in [2.24, 2.45) is 5.92 Å². The molecule has 1 atom stereocenters. The first-order valence-electron chi connectivity index (χ1n) is 11.7. The molecule has 1 unspecified atom stereocenters. The Morgan fingerprint density at radius 2 is 1.83 bits per heavy atom. The third-order valence-electron chi connectivity index (χ3n) is 5.34. The van der Waals surface area contributed by atoms with E-state index in [0.29, 0.717) is 43.8 Å². The van der Waals surface area contributed by atoms with Gasteiger partial charge in [-0.3, -0.25) is 14.5 Å². The number of benzene rings is 1. The van der Waals surface area contributed by atoms with Crippen LogP contribution >= 0.6 is 0 Å². The van der Waals surface area contributed by atoms with E-state index in [1.807, 2.05) is 0 Å². The monoisotopic (exact) mass is 508 g/mol. The highest BCUT2D eigenvalue weighted by atomic mass is 32.2. The van der Waals surface area contributed by atoms with Crippen LogP contribution in [0.5, 0.6) is 0 Å². The number of nitrogens with one attached hydrogen (secondary N) is 1. The second-order valence-corrected chi connectivity index (χ2v) is 11.0. The van der Waals surface area contributed by atoms with Crippen molar-refractivity contribution in [2.45, 2.75) is 33.2 Å². The van der Waals surface area contributed by atoms with Gasteiger partial charge >= 0.3 is 11.9 Å². The number of carbonyl (C=O) groups excluding carboxylic acids is 3. The minimum atomic E-state index is -3.72. The van der Waals surface area contributed by atoms with Crippen molar-refractivity contribution >= 4 is 38.8 Å². The van der Waals surface area contributed by atoms with E-state index in [1.54, 1.807) is 45.0 Å². The molecule has 192 valence electrons. The lowest BCUT2D eigenvalue weighted by atomic mass is 10.2. The van der Waals surface area contributed by atoms with Gasteiger partial charge in [0.2, 0.25) is 0 Å². The molecule has 2 heterocycles. The molecule has 0 radical (unpaired) electrons. The quantitative estimate of drug-likeness (QED) is 0.540. The van der Waals surface area contributed by atoms with Crippen LogP contribution in [0.4, 0.5) is 4.79 Å². The fourth-order valence-electron chi connectivity index (χ4n) is 3.81. The summed E-state index contributed by atoms with van der Waals surface area (Å²) in [7, 11) is -3.72. The summed E-state index contributed by atoms with van der Waals surface area (Å²) in [6.07, 6.45) is 0.417. The molecule has 1 saturated heterocycles. The number of amides is 4. The van der Waals surface area contributed by atoms with Gasteiger partial charge in [-0.1, -0.05) is 32.9 Å². The number of oxazole rings is 1. The average Bonchev–Trinajstić information content (AvgIpc) is 3.25. The van der Waals surface area contributed by atoms with Crippen molar-refractivity contribution in [3.8, 4) is 0 Å². The number of para-hydroxylation sites is 2. The summed E-state index contributed by atoms with van der Waals surface area (Å²) in [5, 5.41) is 2.55. The van der Waals surface area contributed by atoms with Crippen LogP contribution in [0, 0.1) is 5.92 Å². The topological polar surface area (TPSA) is 139 Å². The van der Waals surface area contributed by atoms with Crippen molar-refractivity contribution < 1.29 is 32.0 Å². The summed E-state index contributed by atoms with van der Waals surface area (Å²) in [5.41, 5.74) is 0.841. The van der Waals surface area contributed by atoms with Gasteiger partial charge in [0.25, 0.3) is 11.8 Å². The summed E-state index contributed by atoms with van der Waals surface area (Å²) < 4.78 is 36.3. The van der Waals surface area contributed by atoms with Crippen molar-refractivity contribution in [2.75, 3.05) is 44.4 Å². The highest BCUT2D eigenvalue weighted by Gasteiger charge is 2.36. The van der Waals surface area contributed by atoms with Crippen LogP contribution in [-0.2, 0) is 19.4 Å². The largest absolute Gasteiger partial charge is 0.432 e. The number of sulfone groups is 1. The number of rotatable bonds is 9. The number of aromatic nitrogens is 1. The molecule has 11 nitrogen and oxygen atoms in total. The average molecular weight is 509 g/mol. The van der Waals surface area contributed by atoms with Gasteiger partial charge < -0.3 is 19.4 Å². The first-order chi connectivity index (χ1) is 16.6. The summed E-state index contributed by atoms with van der Waals surface area (Å²) >= 11 is 0. The maximum atomic E-state index is 13.6. The Morgan fingerprint density at radius 3 is 2.46 bits per heavy atom. The third-order valence-corrected chi connectivity index (χ3v) is 7.35. The van der Waals surface area contributed by atoms with Gasteiger partial charge in [0.15, 0.2) is 15.4 Å². The number of ether oxygens (including phenoxy) is 1. The summed E-state index contributed by atoms with van der Waals surface area (Å²) in [4.78, 5) is 46.2. The van der Waals surface area contributed by atoms with E-state index < -0.39 is 39.5 Å². The fraction of sp³-hybridized carbons (Fsp3) is 0.565. The molecule has 12 heteroatoms. The highest BCUT2D eigenvalue weighted by molar-refractivity contribution is 7.91. The zero-order valence-electron chi connectivity index (χ0n) is 20.2. The number of hydrogen-bond donors (Lipinski definition) is 1. The van der Waals surface area contributed by atoms with Gasteiger partial charge in [0, 0.05) is 19.6 Å². The Labute approximate surface area is 204 Å². The SMILES string of the molecule is CCCN(C(=O)c1nc2ccccc2o1)C(=O)C(CS(=O)(=O)CC(C)C)NC(=O)N1CCOCC1. The van der Waals surface area contributed by atoms with Crippen LogP contribution < -0.4 is 5.32 Å². The van der Waals surface area contributed by atoms with Gasteiger partial charge in [-0.05, 0) is 24.5 Å². The maximum Gasteiger partial charge on any atom is 0.318 e. The molecule has 0 bridgehead atoms. The number of nitrogens with zero attached hydrogens (tertiary/aromatic N) is 3. The molecule has 35 heavy (non-hydrogen) atoms. The number of imide groups is 1. The van der Waals surface area contributed by atoms with Crippen molar-refractivity contribution in [1.29, 1.82) is 0 Å². The Bertz CT molecular complexity index is 1120. The Kier molecular flexibility index (Phi) is 8.84. The van der Waals surface area contributed by atoms with Crippen molar-refractivity contribution in [1.82, 2.24) is 20.1 Å². The number of urea groups is 1. The van der Waals surface area contributed by atoms with Crippen molar-refractivity contribution in [3.05, 3.63) is 30.2 Å². The normalized spacial score (nSPS) is 15.3. The molecule has 0 saturated carbocycles. The molecule has 0 spiro atoms. The second-order valence-electron chi connectivity index (χ2n) is 8.85. The van der Waals surface area contributed by atoms with Gasteiger partial charge in [0.1, 0.15) is 11.6 Å². The van der Waals surface area contributed by atoms with E-state index in [4.69, 9.17) is 9.15 Å². The van der Waals surface area contributed by atoms with E-state index in [-0.39, 0.29) is 24.1 Å². The van der Waals surface area contributed by atoms with E-state index in [1.165, 1.54) is 4.90 Å². The molecular weight excluding hydrogens is 476 g/mol. The van der Waals surface area contributed by atoms with Gasteiger partial charge in [-0.2, -0.15) is 0 Å². The summed E-state index contributed by atoms with van der Waals surface area (Å²) in [6, 6.07) is 4.75.